The van der Waals surface area contributed by atoms with Crippen LogP contribution in [0.4, 0.5) is 0 Å². The molecule has 2 N–H and O–H groups in total. The topological polar surface area (TPSA) is 50.4 Å². The lowest BCUT2D eigenvalue weighted by Gasteiger charge is -2.12. The highest BCUT2D eigenvalue weighted by atomic mass is 16.5. The molecule has 2 rings (SSSR count). The van der Waals surface area contributed by atoms with Crippen molar-refractivity contribution >= 4 is 5.91 Å². The molecule has 1 aliphatic heterocycles. The van der Waals surface area contributed by atoms with Crippen molar-refractivity contribution in [2.45, 2.75) is 32.2 Å². The molecule has 1 amide bonds. The highest BCUT2D eigenvalue weighted by molar-refractivity contribution is 5.96. The summed E-state index contributed by atoms with van der Waals surface area (Å²) in [5.41, 5.74) is 0.615. The third-order valence-electron chi connectivity index (χ3n) is 3.37. The zero-order valence-corrected chi connectivity index (χ0v) is 11.4. The van der Waals surface area contributed by atoms with Gasteiger partial charge in [0.15, 0.2) is 0 Å². The second-order valence-corrected chi connectivity index (χ2v) is 4.77. The lowest BCUT2D eigenvalue weighted by atomic mass is 10.1. The van der Waals surface area contributed by atoms with Gasteiger partial charge in [0.2, 0.25) is 0 Å². The van der Waals surface area contributed by atoms with Gasteiger partial charge in [0, 0.05) is 12.6 Å². The summed E-state index contributed by atoms with van der Waals surface area (Å²) < 4.78 is 5.46. The molecule has 4 heteroatoms. The number of nitrogens with one attached hydrogen (secondary N) is 2. The molecule has 0 aliphatic carbocycles. The summed E-state index contributed by atoms with van der Waals surface area (Å²) in [5.74, 6) is 0.600. The second-order valence-electron chi connectivity index (χ2n) is 4.77. The summed E-state index contributed by atoms with van der Waals surface area (Å²) in [6, 6.07) is 7.92. The fourth-order valence-electron chi connectivity index (χ4n) is 2.39. The first-order chi connectivity index (χ1) is 9.31. The monoisotopic (exact) mass is 262 g/mol. The van der Waals surface area contributed by atoms with Crippen molar-refractivity contribution < 1.29 is 9.53 Å². The zero-order valence-electron chi connectivity index (χ0n) is 11.4. The molecule has 0 saturated carbocycles. The number of carbonyl (C=O) groups is 1. The van der Waals surface area contributed by atoms with Gasteiger partial charge >= 0.3 is 0 Å². The average Bonchev–Trinajstić information content (AvgIpc) is 2.93. The standard InChI is InChI=1S/C15H22N2O2/c1-2-19-14-8-4-3-7-13(14)15(18)17-11-9-12-6-5-10-16-12/h3-4,7-8,12,16H,2,5-6,9-11H2,1H3,(H,17,18)/t12-/m0/s1. The highest BCUT2D eigenvalue weighted by Gasteiger charge is 2.15. The number of rotatable bonds is 6. The number of hydrogen-bond donors (Lipinski definition) is 2. The van der Waals surface area contributed by atoms with Crippen LogP contribution in [0.1, 0.15) is 36.5 Å². The van der Waals surface area contributed by atoms with Crippen LogP contribution in [-0.2, 0) is 0 Å². The lowest BCUT2D eigenvalue weighted by molar-refractivity contribution is 0.0948. The van der Waals surface area contributed by atoms with Gasteiger partial charge in [-0.1, -0.05) is 12.1 Å². The SMILES string of the molecule is CCOc1ccccc1C(=O)NCC[C@@H]1CCCN1. The number of para-hydroxylation sites is 1. The van der Waals surface area contributed by atoms with Gasteiger partial charge in [-0.15, -0.1) is 0 Å². The van der Waals surface area contributed by atoms with E-state index in [1.165, 1.54) is 12.8 Å². The average molecular weight is 262 g/mol. The first-order valence-electron chi connectivity index (χ1n) is 7.04. The van der Waals surface area contributed by atoms with Gasteiger partial charge in [0.05, 0.1) is 12.2 Å². The van der Waals surface area contributed by atoms with E-state index in [-0.39, 0.29) is 5.91 Å². The van der Waals surface area contributed by atoms with Crippen molar-refractivity contribution in [1.82, 2.24) is 10.6 Å². The normalized spacial score (nSPS) is 18.3. The van der Waals surface area contributed by atoms with Gasteiger partial charge in [0.25, 0.3) is 5.91 Å². The molecule has 104 valence electrons. The summed E-state index contributed by atoms with van der Waals surface area (Å²) in [4.78, 5) is 12.1. The Morgan fingerprint density at radius 1 is 1.47 bits per heavy atom. The second kappa shape index (κ2) is 7.14. The number of amides is 1. The van der Waals surface area contributed by atoms with Gasteiger partial charge in [-0.25, -0.2) is 0 Å². The number of benzene rings is 1. The van der Waals surface area contributed by atoms with Crippen molar-refractivity contribution in [2.75, 3.05) is 19.7 Å². The van der Waals surface area contributed by atoms with Crippen LogP contribution in [0.15, 0.2) is 24.3 Å². The van der Waals surface area contributed by atoms with Crippen molar-refractivity contribution in [3.05, 3.63) is 29.8 Å². The van der Waals surface area contributed by atoms with E-state index in [0.717, 1.165) is 13.0 Å². The third kappa shape index (κ3) is 3.96. The van der Waals surface area contributed by atoms with E-state index >= 15 is 0 Å². The Morgan fingerprint density at radius 3 is 3.05 bits per heavy atom. The Bertz CT molecular complexity index is 414. The highest BCUT2D eigenvalue weighted by Crippen LogP contribution is 2.17. The number of hydrogen-bond acceptors (Lipinski definition) is 3. The number of ether oxygens (including phenoxy) is 1. The van der Waals surface area contributed by atoms with Gasteiger partial charge in [-0.2, -0.15) is 0 Å². The van der Waals surface area contributed by atoms with Crippen LogP contribution in [0.2, 0.25) is 0 Å². The quantitative estimate of drug-likeness (QED) is 0.824. The van der Waals surface area contributed by atoms with E-state index < -0.39 is 0 Å². The molecule has 1 aromatic rings. The third-order valence-corrected chi connectivity index (χ3v) is 3.37. The van der Waals surface area contributed by atoms with E-state index in [2.05, 4.69) is 10.6 Å². The van der Waals surface area contributed by atoms with Crippen LogP contribution in [0, 0.1) is 0 Å². The molecule has 4 nitrogen and oxygen atoms in total. The molecular formula is C15H22N2O2. The van der Waals surface area contributed by atoms with E-state index in [1.807, 2.05) is 25.1 Å². The minimum Gasteiger partial charge on any atom is -0.493 e. The van der Waals surface area contributed by atoms with E-state index in [0.29, 0.717) is 30.5 Å². The lowest BCUT2D eigenvalue weighted by Crippen LogP contribution is -2.30. The van der Waals surface area contributed by atoms with Crippen molar-refractivity contribution in [3.8, 4) is 5.75 Å². The molecule has 0 unspecified atom stereocenters. The van der Waals surface area contributed by atoms with Gasteiger partial charge < -0.3 is 15.4 Å². The van der Waals surface area contributed by atoms with Crippen molar-refractivity contribution in [2.24, 2.45) is 0 Å². The van der Waals surface area contributed by atoms with Gasteiger partial charge in [-0.3, -0.25) is 4.79 Å². The fraction of sp³-hybridized carbons (Fsp3) is 0.533. The molecule has 0 bridgehead atoms. The van der Waals surface area contributed by atoms with E-state index in [9.17, 15) is 4.79 Å². The maximum Gasteiger partial charge on any atom is 0.255 e. The maximum absolute atomic E-state index is 12.1. The molecule has 19 heavy (non-hydrogen) atoms. The van der Waals surface area contributed by atoms with Crippen molar-refractivity contribution in [3.63, 3.8) is 0 Å². The van der Waals surface area contributed by atoms with Crippen LogP contribution in [0.5, 0.6) is 5.75 Å². The molecule has 0 spiro atoms. The summed E-state index contributed by atoms with van der Waals surface area (Å²) >= 11 is 0. The summed E-state index contributed by atoms with van der Waals surface area (Å²) in [5, 5.41) is 6.39. The first kappa shape index (κ1) is 13.9. The smallest absolute Gasteiger partial charge is 0.255 e. The summed E-state index contributed by atoms with van der Waals surface area (Å²) in [6.07, 6.45) is 3.44. The Hall–Kier alpha value is -1.55. The first-order valence-corrected chi connectivity index (χ1v) is 7.04. The Kier molecular flexibility index (Phi) is 5.21. The molecule has 0 radical (unpaired) electrons. The Morgan fingerprint density at radius 2 is 2.32 bits per heavy atom. The van der Waals surface area contributed by atoms with Crippen LogP contribution in [-0.4, -0.2) is 31.6 Å². The predicted octanol–water partition coefficient (Wildman–Crippen LogP) is 1.96. The van der Waals surface area contributed by atoms with Crippen LogP contribution in [0.25, 0.3) is 0 Å². The molecular weight excluding hydrogens is 240 g/mol. The molecule has 0 aromatic heterocycles. The summed E-state index contributed by atoms with van der Waals surface area (Å²) in [6.45, 7) is 4.29. The van der Waals surface area contributed by atoms with Crippen molar-refractivity contribution in [1.29, 1.82) is 0 Å². The van der Waals surface area contributed by atoms with Gasteiger partial charge in [0.1, 0.15) is 5.75 Å². The molecule has 1 atom stereocenters. The predicted molar refractivity (Wildman–Crippen MR) is 75.6 cm³/mol. The van der Waals surface area contributed by atoms with E-state index in [1.54, 1.807) is 6.07 Å². The molecule has 1 aromatic carbocycles. The zero-order chi connectivity index (χ0) is 13.5. The molecule has 1 heterocycles. The Labute approximate surface area is 114 Å². The summed E-state index contributed by atoms with van der Waals surface area (Å²) in [7, 11) is 0. The van der Waals surface area contributed by atoms with E-state index in [4.69, 9.17) is 4.74 Å². The minimum atomic E-state index is -0.0537. The van der Waals surface area contributed by atoms with Crippen LogP contribution < -0.4 is 15.4 Å². The molecule has 1 fully saturated rings. The van der Waals surface area contributed by atoms with Crippen LogP contribution in [0.3, 0.4) is 0 Å². The largest absolute Gasteiger partial charge is 0.493 e. The molecule has 1 aliphatic rings. The van der Waals surface area contributed by atoms with Crippen LogP contribution >= 0.6 is 0 Å². The van der Waals surface area contributed by atoms with Gasteiger partial charge in [-0.05, 0) is 44.9 Å². The molecule has 1 saturated heterocycles. The number of carbonyl (C=O) groups excluding carboxylic acids is 1. The fourth-order valence-corrected chi connectivity index (χ4v) is 2.39. The maximum atomic E-state index is 12.1. The Balaban J connectivity index is 1.84. The minimum absolute atomic E-state index is 0.0537.